The molecular weight excluding hydrogens is 250 g/mol. The summed E-state index contributed by atoms with van der Waals surface area (Å²) >= 11 is 0. The van der Waals surface area contributed by atoms with Gasteiger partial charge in [0.1, 0.15) is 0 Å². The van der Waals surface area contributed by atoms with Crippen molar-refractivity contribution in [2.75, 3.05) is 6.54 Å². The summed E-state index contributed by atoms with van der Waals surface area (Å²) in [5.74, 6) is 0.105. The average molecular weight is 269 g/mol. The van der Waals surface area contributed by atoms with Crippen molar-refractivity contribution in [2.45, 2.75) is 31.3 Å². The summed E-state index contributed by atoms with van der Waals surface area (Å²) in [6.45, 7) is 4.31. The Morgan fingerprint density at radius 3 is 3.10 bits per heavy atom. The predicted octanol–water partition coefficient (Wildman–Crippen LogP) is 2.54. The molecule has 104 valence electrons. The second-order valence-electron chi connectivity index (χ2n) is 5.85. The fourth-order valence-corrected chi connectivity index (χ4v) is 3.69. The zero-order valence-electron chi connectivity index (χ0n) is 11.5. The predicted molar refractivity (Wildman–Crippen MR) is 79.7 cm³/mol. The van der Waals surface area contributed by atoms with Crippen molar-refractivity contribution in [1.29, 1.82) is 0 Å². The number of nitrogens with zero attached hydrogens (tertiary/aromatic N) is 1. The molecule has 0 amide bonds. The van der Waals surface area contributed by atoms with Gasteiger partial charge < -0.3 is 5.11 Å². The van der Waals surface area contributed by atoms with Gasteiger partial charge in [-0.25, -0.2) is 0 Å². The van der Waals surface area contributed by atoms with Gasteiger partial charge in [-0.15, -0.1) is 6.58 Å². The second kappa shape index (κ2) is 4.67. The fraction of sp³-hybridized carbons (Fsp3) is 0.412. The molecule has 3 rings (SSSR count). The van der Waals surface area contributed by atoms with Gasteiger partial charge >= 0.3 is 0 Å². The molecular formula is C17H19NO2. The van der Waals surface area contributed by atoms with Crippen molar-refractivity contribution in [3.05, 3.63) is 48.1 Å². The van der Waals surface area contributed by atoms with E-state index in [0.29, 0.717) is 25.8 Å². The largest absolute Gasteiger partial charge is 0.385 e. The normalized spacial score (nSPS) is 35.5. The Morgan fingerprint density at radius 2 is 2.30 bits per heavy atom. The molecule has 0 bridgehead atoms. The number of allylic oxidation sites excluding steroid dienone is 4. The number of carbonyl (C=O) groups is 1. The fourth-order valence-electron chi connectivity index (χ4n) is 3.69. The summed E-state index contributed by atoms with van der Waals surface area (Å²) in [6.07, 6.45) is 13.5. The smallest absolute Gasteiger partial charge is 0.156 e. The lowest BCUT2D eigenvalue weighted by Crippen LogP contribution is -2.45. The molecule has 0 saturated carbocycles. The van der Waals surface area contributed by atoms with Crippen LogP contribution < -0.4 is 0 Å². The van der Waals surface area contributed by atoms with Crippen LogP contribution >= 0.6 is 0 Å². The summed E-state index contributed by atoms with van der Waals surface area (Å²) in [5.41, 5.74) is 0.689. The second-order valence-corrected chi connectivity index (χ2v) is 5.85. The van der Waals surface area contributed by atoms with E-state index in [0.717, 1.165) is 17.6 Å². The SMILES string of the molecule is C=CCC1(O)CCC=C2C=CC(=O)CC23CN=CC=C13. The van der Waals surface area contributed by atoms with E-state index >= 15 is 0 Å². The summed E-state index contributed by atoms with van der Waals surface area (Å²) < 4.78 is 0. The summed E-state index contributed by atoms with van der Waals surface area (Å²) in [6, 6.07) is 0. The van der Waals surface area contributed by atoms with E-state index in [1.807, 2.05) is 12.2 Å². The number of hydrogen-bond acceptors (Lipinski definition) is 3. The Bertz CT molecular complexity index is 582. The quantitative estimate of drug-likeness (QED) is 0.783. The number of aliphatic hydroxyl groups is 1. The van der Waals surface area contributed by atoms with Crippen molar-refractivity contribution in [1.82, 2.24) is 0 Å². The molecule has 3 nitrogen and oxygen atoms in total. The van der Waals surface area contributed by atoms with Crippen LogP contribution in [0.4, 0.5) is 0 Å². The van der Waals surface area contributed by atoms with Crippen molar-refractivity contribution < 1.29 is 9.90 Å². The van der Waals surface area contributed by atoms with Crippen LogP contribution in [0.1, 0.15) is 25.7 Å². The Morgan fingerprint density at radius 1 is 1.45 bits per heavy atom. The van der Waals surface area contributed by atoms with Crippen LogP contribution in [-0.2, 0) is 4.79 Å². The lowest BCUT2D eigenvalue weighted by Gasteiger charge is -2.44. The highest BCUT2D eigenvalue weighted by molar-refractivity contribution is 5.94. The van der Waals surface area contributed by atoms with Crippen molar-refractivity contribution in [3.63, 3.8) is 0 Å². The molecule has 0 saturated heterocycles. The minimum atomic E-state index is -0.919. The number of carbonyl (C=O) groups excluding carboxylic acids is 1. The molecule has 0 fully saturated rings. The molecule has 2 unspecified atom stereocenters. The molecule has 0 radical (unpaired) electrons. The number of rotatable bonds is 2. The van der Waals surface area contributed by atoms with Crippen LogP contribution in [0.25, 0.3) is 0 Å². The van der Waals surface area contributed by atoms with E-state index in [1.54, 1.807) is 18.4 Å². The van der Waals surface area contributed by atoms with Crippen LogP contribution in [0.3, 0.4) is 0 Å². The van der Waals surface area contributed by atoms with E-state index in [1.165, 1.54) is 0 Å². The third-order valence-corrected chi connectivity index (χ3v) is 4.61. The van der Waals surface area contributed by atoms with Crippen molar-refractivity contribution >= 4 is 12.0 Å². The minimum absolute atomic E-state index is 0.105. The van der Waals surface area contributed by atoms with Gasteiger partial charge in [-0.3, -0.25) is 9.79 Å². The monoisotopic (exact) mass is 269 g/mol. The zero-order chi connectivity index (χ0) is 14.2. The van der Waals surface area contributed by atoms with E-state index in [-0.39, 0.29) is 5.78 Å². The van der Waals surface area contributed by atoms with Crippen LogP contribution in [0, 0.1) is 5.41 Å². The number of ketones is 1. The first-order chi connectivity index (χ1) is 9.61. The highest BCUT2D eigenvalue weighted by atomic mass is 16.3. The first-order valence-electron chi connectivity index (χ1n) is 7.07. The van der Waals surface area contributed by atoms with Crippen LogP contribution in [0.5, 0.6) is 0 Å². The van der Waals surface area contributed by atoms with Crippen LogP contribution in [-0.4, -0.2) is 29.3 Å². The average Bonchev–Trinajstić information content (AvgIpc) is 2.53. The molecule has 2 atom stereocenters. The molecule has 0 aromatic carbocycles. The van der Waals surface area contributed by atoms with Gasteiger partial charge in [0.25, 0.3) is 0 Å². The molecule has 1 N–H and O–H groups in total. The summed E-state index contributed by atoms with van der Waals surface area (Å²) in [5, 5.41) is 11.1. The van der Waals surface area contributed by atoms with Crippen molar-refractivity contribution in [3.8, 4) is 0 Å². The maximum absolute atomic E-state index is 12.0. The van der Waals surface area contributed by atoms with E-state index in [4.69, 9.17) is 0 Å². The highest BCUT2D eigenvalue weighted by Gasteiger charge is 2.50. The van der Waals surface area contributed by atoms with Gasteiger partial charge in [0.15, 0.2) is 5.78 Å². The van der Waals surface area contributed by atoms with Crippen LogP contribution in [0.2, 0.25) is 0 Å². The third kappa shape index (κ3) is 1.85. The Balaban J connectivity index is 2.17. The maximum atomic E-state index is 12.0. The third-order valence-electron chi connectivity index (χ3n) is 4.61. The molecule has 2 aliphatic carbocycles. The maximum Gasteiger partial charge on any atom is 0.156 e. The summed E-state index contributed by atoms with van der Waals surface area (Å²) in [7, 11) is 0. The van der Waals surface area contributed by atoms with E-state index < -0.39 is 11.0 Å². The van der Waals surface area contributed by atoms with Gasteiger partial charge in [-0.05, 0) is 42.6 Å². The van der Waals surface area contributed by atoms with Gasteiger partial charge in [0.2, 0.25) is 0 Å². The lowest BCUT2D eigenvalue weighted by molar-refractivity contribution is -0.116. The highest BCUT2D eigenvalue weighted by Crippen LogP contribution is 2.52. The number of dihydropyridines is 1. The molecule has 3 heteroatoms. The van der Waals surface area contributed by atoms with E-state index in [9.17, 15) is 9.90 Å². The number of aliphatic imine (C=N–C) groups is 1. The lowest BCUT2D eigenvalue weighted by atomic mass is 9.62. The molecule has 0 aromatic heterocycles. The topological polar surface area (TPSA) is 49.7 Å². The van der Waals surface area contributed by atoms with Gasteiger partial charge in [0, 0.05) is 18.1 Å². The Hall–Kier alpha value is -1.74. The Kier molecular flexibility index (Phi) is 3.09. The van der Waals surface area contributed by atoms with E-state index in [2.05, 4.69) is 17.6 Å². The molecule has 1 spiro atoms. The molecule has 1 heterocycles. The molecule has 0 aromatic rings. The van der Waals surface area contributed by atoms with Crippen LogP contribution in [0.15, 0.2) is 53.1 Å². The molecule has 20 heavy (non-hydrogen) atoms. The zero-order valence-corrected chi connectivity index (χ0v) is 11.5. The first kappa shape index (κ1) is 13.3. The first-order valence-corrected chi connectivity index (χ1v) is 7.07. The number of hydrogen-bond donors (Lipinski definition) is 1. The van der Waals surface area contributed by atoms with Gasteiger partial charge in [-0.1, -0.05) is 18.2 Å². The van der Waals surface area contributed by atoms with Crippen molar-refractivity contribution in [2.24, 2.45) is 10.4 Å². The minimum Gasteiger partial charge on any atom is -0.385 e. The van der Waals surface area contributed by atoms with Gasteiger partial charge in [-0.2, -0.15) is 0 Å². The van der Waals surface area contributed by atoms with Gasteiger partial charge in [0.05, 0.1) is 12.1 Å². The molecule has 3 aliphatic rings. The molecule has 1 aliphatic heterocycles. The standard InChI is InChI=1S/C17H19NO2/c1-2-8-17(20)9-3-4-13-5-6-14(19)11-16(13)12-18-10-7-15(16)17/h2,4-7,10,20H,1,3,8-9,11-12H2. The summed E-state index contributed by atoms with van der Waals surface area (Å²) in [4.78, 5) is 16.3. The Labute approximate surface area is 119 Å².